The van der Waals surface area contributed by atoms with Crippen molar-refractivity contribution in [3.05, 3.63) is 65.7 Å². The van der Waals surface area contributed by atoms with Crippen LogP contribution in [0.25, 0.3) is 0 Å². The lowest BCUT2D eigenvalue weighted by Gasteiger charge is -2.15. The summed E-state index contributed by atoms with van der Waals surface area (Å²) < 4.78 is 21.2. The van der Waals surface area contributed by atoms with Crippen LogP contribution < -0.4 is 4.74 Å². The fraction of sp³-hybridized carbons (Fsp3) is 0.520. The Kier molecular flexibility index (Phi) is 10.8. The Morgan fingerprint density at radius 1 is 0.931 bits per heavy atom. The van der Waals surface area contributed by atoms with Gasteiger partial charge in [-0.3, -0.25) is 0 Å². The molecule has 0 aliphatic carbocycles. The number of hydrogen-bond donors (Lipinski definition) is 0. The Bertz CT molecular complexity index is 650. The molecule has 3 rings (SSSR count). The number of methoxy groups -OCH3 is 2. The average Bonchev–Trinajstić information content (AvgIpc) is 3.29. The van der Waals surface area contributed by atoms with Gasteiger partial charge in [0, 0.05) is 40.0 Å². The minimum absolute atomic E-state index is 0.410. The van der Waals surface area contributed by atoms with Crippen molar-refractivity contribution in [3.8, 4) is 5.75 Å². The molecule has 0 saturated carbocycles. The van der Waals surface area contributed by atoms with Gasteiger partial charge in [0.1, 0.15) is 12.4 Å². The summed E-state index contributed by atoms with van der Waals surface area (Å²) in [6.07, 6.45) is 1.21. The highest BCUT2D eigenvalue weighted by atomic mass is 16.5. The third-order valence-corrected chi connectivity index (χ3v) is 5.31. The second-order valence-electron chi connectivity index (χ2n) is 7.76. The summed E-state index contributed by atoms with van der Waals surface area (Å²) in [6, 6.07) is 18.4. The third kappa shape index (κ3) is 8.57. The molecule has 1 fully saturated rings. The van der Waals surface area contributed by atoms with Crippen molar-refractivity contribution in [2.45, 2.75) is 32.8 Å². The highest BCUT2D eigenvalue weighted by Crippen LogP contribution is 2.21. The molecule has 4 nitrogen and oxygen atoms in total. The molecule has 0 radical (unpaired) electrons. The predicted octanol–water partition coefficient (Wildman–Crippen LogP) is 5.32. The first-order valence-electron chi connectivity index (χ1n) is 10.5. The smallest absolute Gasteiger partial charge is 0.119 e. The van der Waals surface area contributed by atoms with Crippen LogP contribution in [-0.2, 0) is 20.8 Å². The van der Waals surface area contributed by atoms with E-state index in [0.717, 1.165) is 38.1 Å². The molecule has 0 bridgehead atoms. The van der Waals surface area contributed by atoms with Crippen LogP contribution in [0.5, 0.6) is 5.75 Å². The van der Waals surface area contributed by atoms with Gasteiger partial charge in [0.2, 0.25) is 0 Å². The van der Waals surface area contributed by atoms with Crippen molar-refractivity contribution in [2.75, 3.05) is 40.6 Å². The average molecular weight is 401 g/mol. The second kappa shape index (κ2) is 13.4. The Morgan fingerprint density at radius 2 is 1.62 bits per heavy atom. The summed E-state index contributed by atoms with van der Waals surface area (Å²) >= 11 is 0. The van der Waals surface area contributed by atoms with E-state index in [4.69, 9.17) is 18.9 Å². The van der Waals surface area contributed by atoms with Crippen LogP contribution in [0.4, 0.5) is 0 Å². The van der Waals surface area contributed by atoms with Crippen LogP contribution in [0.2, 0.25) is 0 Å². The summed E-state index contributed by atoms with van der Waals surface area (Å²) in [5, 5.41) is 0. The summed E-state index contributed by atoms with van der Waals surface area (Å²) in [5.41, 5.74) is 2.45. The van der Waals surface area contributed by atoms with E-state index in [1.807, 2.05) is 30.3 Å². The third-order valence-electron chi connectivity index (χ3n) is 5.31. The fourth-order valence-electron chi connectivity index (χ4n) is 3.38. The molecule has 0 N–H and O–H groups in total. The molecular weight excluding hydrogens is 364 g/mol. The van der Waals surface area contributed by atoms with E-state index < -0.39 is 0 Å². The van der Waals surface area contributed by atoms with Crippen molar-refractivity contribution < 1.29 is 18.9 Å². The lowest BCUT2D eigenvalue weighted by molar-refractivity contribution is 0.115. The molecule has 0 amide bonds. The van der Waals surface area contributed by atoms with Crippen molar-refractivity contribution in [2.24, 2.45) is 11.8 Å². The maximum Gasteiger partial charge on any atom is 0.119 e. The van der Waals surface area contributed by atoms with Crippen molar-refractivity contribution in [3.63, 3.8) is 0 Å². The normalized spacial score (nSPS) is 17.9. The Labute approximate surface area is 176 Å². The first kappa shape index (κ1) is 23.4. The Balaban J connectivity index is 0.000000253. The van der Waals surface area contributed by atoms with Crippen molar-refractivity contribution in [1.82, 2.24) is 0 Å². The van der Waals surface area contributed by atoms with E-state index in [1.165, 1.54) is 17.5 Å². The van der Waals surface area contributed by atoms with Crippen LogP contribution in [0, 0.1) is 11.8 Å². The minimum atomic E-state index is 0.410. The molecule has 1 aliphatic heterocycles. The van der Waals surface area contributed by atoms with Gasteiger partial charge < -0.3 is 18.9 Å². The van der Waals surface area contributed by atoms with Gasteiger partial charge in [-0.25, -0.2) is 0 Å². The number of hydrogen-bond acceptors (Lipinski definition) is 4. The Morgan fingerprint density at radius 3 is 2.21 bits per heavy atom. The van der Waals surface area contributed by atoms with Gasteiger partial charge >= 0.3 is 0 Å². The molecule has 3 atom stereocenters. The van der Waals surface area contributed by atoms with Crippen LogP contribution in [0.15, 0.2) is 54.6 Å². The zero-order valence-corrected chi connectivity index (χ0v) is 18.3. The topological polar surface area (TPSA) is 36.9 Å². The van der Waals surface area contributed by atoms with Crippen molar-refractivity contribution >= 4 is 0 Å². The van der Waals surface area contributed by atoms with E-state index in [0.29, 0.717) is 18.4 Å². The standard InChI is InChI=1S/C17H20O2.C8H16O2/c1-14(12-18-2)16-8-10-17(11-9-16)19-13-15-6-4-3-5-7-15;1-7(5-9-2)8-3-4-10-6-8/h3-11,14H,12-13H2,1-2H3;7-8H,3-6H2,1-2H3. The van der Waals surface area contributed by atoms with Gasteiger partial charge in [-0.1, -0.05) is 56.3 Å². The van der Waals surface area contributed by atoms with E-state index in [1.54, 1.807) is 14.2 Å². The second-order valence-corrected chi connectivity index (χ2v) is 7.76. The molecule has 1 heterocycles. The monoisotopic (exact) mass is 400 g/mol. The quantitative estimate of drug-likeness (QED) is 0.571. The van der Waals surface area contributed by atoms with Crippen LogP contribution in [-0.4, -0.2) is 40.6 Å². The largest absolute Gasteiger partial charge is 0.489 e. The first-order chi connectivity index (χ1) is 14.1. The summed E-state index contributed by atoms with van der Waals surface area (Å²) in [6.45, 7) is 8.47. The van der Waals surface area contributed by atoms with Gasteiger partial charge in [-0.15, -0.1) is 0 Å². The molecule has 3 unspecified atom stereocenters. The molecule has 4 heteroatoms. The number of rotatable bonds is 9. The molecule has 0 aromatic heterocycles. The van der Waals surface area contributed by atoms with E-state index in [2.05, 4.69) is 38.1 Å². The highest BCUT2D eigenvalue weighted by molar-refractivity contribution is 5.29. The lowest BCUT2D eigenvalue weighted by atomic mass is 9.94. The number of ether oxygens (including phenoxy) is 4. The van der Waals surface area contributed by atoms with E-state index in [9.17, 15) is 0 Å². The zero-order chi connectivity index (χ0) is 20.9. The first-order valence-corrected chi connectivity index (χ1v) is 10.5. The summed E-state index contributed by atoms with van der Waals surface area (Å²) in [4.78, 5) is 0. The van der Waals surface area contributed by atoms with Gasteiger partial charge in [0.05, 0.1) is 6.61 Å². The molecule has 2 aromatic rings. The molecule has 0 spiro atoms. The van der Waals surface area contributed by atoms with Gasteiger partial charge in [0.25, 0.3) is 0 Å². The van der Waals surface area contributed by atoms with Gasteiger partial charge in [-0.2, -0.15) is 0 Å². The minimum Gasteiger partial charge on any atom is -0.489 e. The zero-order valence-electron chi connectivity index (χ0n) is 18.3. The summed E-state index contributed by atoms with van der Waals surface area (Å²) in [7, 11) is 3.49. The van der Waals surface area contributed by atoms with E-state index in [-0.39, 0.29) is 0 Å². The van der Waals surface area contributed by atoms with Crippen LogP contribution >= 0.6 is 0 Å². The number of benzene rings is 2. The molecule has 2 aromatic carbocycles. The van der Waals surface area contributed by atoms with E-state index >= 15 is 0 Å². The predicted molar refractivity (Wildman–Crippen MR) is 117 cm³/mol. The molecular formula is C25H36O4. The molecule has 29 heavy (non-hydrogen) atoms. The molecule has 1 saturated heterocycles. The molecule has 160 valence electrons. The van der Waals surface area contributed by atoms with Crippen LogP contribution in [0.1, 0.15) is 37.3 Å². The summed E-state index contributed by atoms with van der Waals surface area (Å²) in [5.74, 6) is 2.71. The highest BCUT2D eigenvalue weighted by Gasteiger charge is 2.21. The van der Waals surface area contributed by atoms with Crippen LogP contribution in [0.3, 0.4) is 0 Å². The SMILES string of the molecule is COCC(C)C1CCOC1.COCC(C)c1ccc(OCc2ccccc2)cc1. The Hall–Kier alpha value is -1.88. The lowest BCUT2D eigenvalue weighted by Crippen LogP contribution is -2.16. The van der Waals surface area contributed by atoms with Gasteiger partial charge in [-0.05, 0) is 41.5 Å². The maximum atomic E-state index is 5.76. The maximum absolute atomic E-state index is 5.76. The van der Waals surface area contributed by atoms with Crippen molar-refractivity contribution in [1.29, 1.82) is 0 Å². The van der Waals surface area contributed by atoms with Gasteiger partial charge in [0.15, 0.2) is 0 Å². The molecule has 1 aliphatic rings. The fourth-order valence-corrected chi connectivity index (χ4v) is 3.38.